The Bertz CT molecular complexity index is 624. The summed E-state index contributed by atoms with van der Waals surface area (Å²) in [5.41, 5.74) is 2.62. The molecule has 0 aromatic carbocycles. The second kappa shape index (κ2) is 4.78. The van der Waals surface area contributed by atoms with E-state index in [0.29, 0.717) is 30.8 Å². The summed E-state index contributed by atoms with van der Waals surface area (Å²) in [5, 5.41) is 3.71. The lowest BCUT2D eigenvalue weighted by molar-refractivity contribution is -0.212. The molecule has 0 radical (unpaired) electrons. The van der Waals surface area contributed by atoms with Crippen molar-refractivity contribution in [3.8, 4) is 0 Å². The van der Waals surface area contributed by atoms with Gasteiger partial charge in [0, 0.05) is 29.9 Å². The lowest BCUT2D eigenvalue weighted by atomic mass is 9.50. The van der Waals surface area contributed by atoms with Gasteiger partial charge in [0.05, 0.1) is 6.61 Å². The van der Waals surface area contributed by atoms with Crippen molar-refractivity contribution in [1.29, 1.82) is 0 Å². The highest BCUT2D eigenvalue weighted by atomic mass is 16.7. The maximum Gasteiger partial charge on any atom is 0.196 e. The van der Waals surface area contributed by atoms with Crippen LogP contribution < -0.4 is 5.32 Å². The van der Waals surface area contributed by atoms with Crippen LogP contribution in [0.4, 0.5) is 0 Å². The van der Waals surface area contributed by atoms with Crippen molar-refractivity contribution in [1.82, 2.24) is 5.32 Å². The van der Waals surface area contributed by atoms with E-state index < -0.39 is 5.79 Å². The first-order chi connectivity index (χ1) is 11.2. The highest BCUT2D eigenvalue weighted by Gasteiger charge is 2.70. The number of hydrogen-bond donors (Lipinski definition) is 1. The summed E-state index contributed by atoms with van der Waals surface area (Å²) in [6.45, 7) is 3.80. The summed E-state index contributed by atoms with van der Waals surface area (Å²) in [4.78, 5) is 12.8. The molecule has 1 N–H and O–H groups in total. The third kappa shape index (κ3) is 1.65. The lowest BCUT2D eigenvalue weighted by Gasteiger charge is -2.55. The van der Waals surface area contributed by atoms with Crippen LogP contribution in [-0.2, 0) is 14.3 Å². The molecule has 2 bridgehead atoms. The second-order valence-corrected chi connectivity index (χ2v) is 7.77. The fraction of sp³-hybridized carbons (Fsp3) is 0.737. The van der Waals surface area contributed by atoms with Crippen LogP contribution in [0.3, 0.4) is 0 Å². The van der Waals surface area contributed by atoms with Gasteiger partial charge >= 0.3 is 0 Å². The third-order valence-corrected chi connectivity index (χ3v) is 6.72. The minimum Gasteiger partial charge on any atom is -0.346 e. The molecular formula is C19H25NO3. The molecule has 1 spiro atoms. The number of nitrogens with one attached hydrogen (secondary N) is 1. The van der Waals surface area contributed by atoms with Gasteiger partial charge in [-0.2, -0.15) is 0 Å². The minimum absolute atomic E-state index is 0.0999. The van der Waals surface area contributed by atoms with Crippen LogP contribution in [0.1, 0.15) is 45.4 Å². The Morgan fingerprint density at radius 3 is 3.26 bits per heavy atom. The highest BCUT2D eigenvalue weighted by Crippen LogP contribution is 2.66. The summed E-state index contributed by atoms with van der Waals surface area (Å²) in [5.74, 6) is 0.159. The molecule has 3 aliphatic carbocycles. The first kappa shape index (κ1) is 14.4. The SMILES string of the molecule is CCCOC12CC=CC3=C1[C@]14CCN[C@H](C3)[C@@H]1CCC(=O)[C@@H]4O2. The fourth-order valence-electron chi connectivity index (χ4n) is 6.05. The summed E-state index contributed by atoms with van der Waals surface area (Å²) < 4.78 is 12.8. The van der Waals surface area contributed by atoms with Crippen molar-refractivity contribution in [2.45, 2.75) is 63.4 Å². The van der Waals surface area contributed by atoms with E-state index in [0.717, 1.165) is 38.6 Å². The highest BCUT2D eigenvalue weighted by molar-refractivity contribution is 5.87. The van der Waals surface area contributed by atoms with Crippen LogP contribution >= 0.6 is 0 Å². The molecule has 5 aliphatic rings. The van der Waals surface area contributed by atoms with Gasteiger partial charge in [0.1, 0.15) is 6.10 Å². The number of ketones is 1. The third-order valence-electron chi connectivity index (χ3n) is 6.72. The Kier molecular flexibility index (Phi) is 2.99. The van der Waals surface area contributed by atoms with Crippen molar-refractivity contribution in [3.05, 3.63) is 23.3 Å². The number of carbonyl (C=O) groups is 1. The standard InChI is InChI=1S/C19H25NO3/c1-2-10-22-19-7-3-4-12-11-14-13-5-6-15(21)17(23-19)18(13,16(12)19)8-9-20-14/h3-4,13-14,17,20H,2,5-11H2,1H3/t13-,14+,17-,18-,19?/m0/s1. The molecule has 2 heterocycles. The van der Waals surface area contributed by atoms with Crippen molar-refractivity contribution < 1.29 is 14.3 Å². The first-order valence-electron chi connectivity index (χ1n) is 9.20. The molecule has 5 atom stereocenters. The minimum atomic E-state index is -0.661. The average molecular weight is 315 g/mol. The number of carbonyl (C=O) groups excluding carboxylic acids is 1. The topological polar surface area (TPSA) is 47.6 Å². The molecule has 4 heteroatoms. The smallest absolute Gasteiger partial charge is 0.196 e. The van der Waals surface area contributed by atoms with Gasteiger partial charge in [-0.1, -0.05) is 19.1 Å². The van der Waals surface area contributed by atoms with Crippen molar-refractivity contribution in [3.63, 3.8) is 0 Å². The van der Waals surface area contributed by atoms with E-state index >= 15 is 0 Å². The molecule has 124 valence electrons. The van der Waals surface area contributed by atoms with Crippen molar-refractivity contribution in [2.75, 3.05) is 13.2 Å². The number of rotatable bonds is 3. The van der Waals surface area contributed by atoms with Gasteiger partial charge in [-0.3, -0.25) is 4.79 Å². The van der Waals surface area contributed by atoms with Gasteiger partial charge in [0.2, 0.25) is 0 Å². The van der Waals surface area contributed by atoms with Crippen molar-refractivity contribution >= 4 is 5.78 Å². The molecule has 4 nitrogen and oxygen atoms in total. The fourth-order valence-corrected chi connectivity index (χ4v) is 6.05. The zero-order valence-corrected chi connectivity index (χ0v) is 13.8. The van der Waals surface area contributed by atoms with Crippen LogP contribution in [-0.4, -0.2) is 36.9 Å². The van der Waals surface area contributed by atoms with Crippen LogP contribution in [0.25, 0.3) is 0 Å². The van der Waals surface area contributed by atoms with Crippen LogP contribution in [0, 0.1) is 11.3 Å². The van der Waals surface area contributed by atoms with Crippen LogP contribution in [0.15, 0.2) is 23.3 Å². The molecule has 2 saturated heterocycles. The van der Waals surface area contributed by atoms with E-state index in [9.17, 15) is 4.79 Å². The van der Waals surface area contributed by atoms with E-state index in [-0.39, 0.29) is 11.5 Å². The van der Waals surface area contributed by atoms with Gasteiger partial charge in [-0.05, 0) is 43.7 Å². The van der Waals surface area contributed by atoms with E-state index in [1.165, 1.54) is 11.1 Å². The number of hydrogen-bond acceptors (Lipinski definition) is 4. The summed E-state index contributed by atoms with van der Waals surface area (Å²) in [6, 6.07) is 0.492. The van der Waals surface area contributed by atoms with E-state index in [1.54, 1.807) is 0 Å². The molecule has 5 rings (SSSR count). The van der Waals surface area contributed by atoms with Crippen LogP contribution in [0.2, 0.25) is 0 Å². The van der Waals surface area contributed by atoms with Crippen molar-refractivity contribution in [2.24, 2.45) is 11.3 Å². The van der Waals surface area contributed by atoms with Gasteiger partial charge < -0.3 is 14.8 Å². The molecular weight excluding hydrogens is 290 g/mol. The first-order valence-corrected chi connectivity index (χ1v) is 9.20. The molecule has 23 heavy (non-hydrogen) atoms. The molecule has 1 unspecified atom stereocenters. The van der Waals surface area contributed by atoms with E-state index in [1.807, 2.05) is 0 Å². The quantitative estimate of drug-likeness (QED) is 0.869. The molecule has 0 amide bonds. The zero-order valence-electron chi connectivity index (χ0n) is 13.8. The molecule has 0 aromatic rings. The second-order valence-electron chi connectivity index (χ2n) is 7.77. The lowest BCUT2D eigenvalue weighted by Crippen LogP contribution is -2.62. The molecule has 2 aliphatic heterocycles. The summed E-state index contributed by atoms with van der Waals surface area (Å²) in [6.07, 6.45) is 9.62. The Morgan fingerprint density at radius 1 is 1.48 bits per heavy atom. The Morgan fingerprint density at radius 2 is 2.39 bits per heavy atom. The largest absolute Gasteiger partial charge is 0.346 e. The number of Topliss-reactive ketones (excluding diaryl/α,β-unsaturated/α-hetero) is 1. The normalized spacial score (nSPS) is 47.0. The summed E-state index contributed by atoms with van der Waals surface area (Å²) >= 11 is 0. The summed E-state index contributed by atoms with van der Waals surface area (Å²) in [7, 11) is 0. The number of ether oxygens (including phenoxy) is 2. The number of allylic oxidation sites excluding steroid dienone is 1. The maximum absolute atomic E-state index is 12.8. The Labute approximate surface area is 137 Å². The van der Waals surface area contributed by atoms with Crippen LogP contribution in [0.5, 0.6) is 0 Å². The Hall–Kier alpha value is -0.970. The molecule has 0 aromatic heterocycles. The monoisotopic (exact) mass is 315 g/mol. The van der Waals surface area contributed by atoms with Gasteiger partial charge in [0.25, 0.3) is 0 Å². The van der Waals surface area contributed by atoms with E-state index in [4.69, 9.17) is 9.47 Å². The van der Waals surface area contributed by atoms with Gasteiger partial charge in [-0.25, -0.2) is 0 Å². The number of piperidine rings is 1. The predicted octanol–water partition coefficient (Wildman–Crippen LogP) is 2.50. The van der Waals surface area contributed by atoms with Gasteiger partial charge in [-0.15, -0.1) is 0 Å². The van der Waals surface area contributed by atoms with E-state index in [2.05, 4.69) is 24.4 Å². The molecule has 1 saturated carbocycles. The van der Waals surface area contributed by atoms with Gasteiger partial charge in [0.15, 0.2) is 11.6 Å². The maximum atomic E-state index is 12.8. The predicted molar refractivity (Wildman–Crippen MR) is 85.8 cm³/mol. The molecule has 3 fully saturated rings. The average Bonchev–Trinajstić information content (AvgIpc) is 2.85. The Balaban J connectivity index is 1.72. The zero-order chi connectivity index (χ0) is 15.7.